The number of nitriles is 1. The van der Waals surface area contributed by atoms with Gasteiger partial charge in [0.1, 0.15) is 5.54 Å². The Bertz CT molecular complexity index is 532. The number of thioether (sulfide) groups is 1. The molecule has 2 aliphatic rings. The molecule has 1 heterocycles. The Morgan fingerprint density at radius 1 is 1.43 bits per heavy atom. The van der Waals surface area contributed by atoms with E-state index in [2.05, 4.69) is 40.8 Å². The van der Waals surface area contributed by atoms with E-state index in [-0.39, 0.29) is 5.54 Å². The summed E-state index contributed by atoms with van der Waals surface area (Å²) in [5.41, 5.74) is -0.387. The van der Waals surface area contributed by atoms with Gasteiger partial charge >= 0.3 is 0 Å². The van der Waals surface area contributed by atoms with E-state index in [4.69, 9.17) is 0 Å². The molecule has 1 aromatic heterocycles. The zero-order valence-electron chi connectivity index (χ0n) is 12.6. The molecule has 0 spiro atoms. The van der Waals surface area contributed by atoms with Gasteiger partial charge in [-0.1, -0.05) is 11.8 Å². The standard InChI is InChI=1S/C14H22N6S/c1-10(2)16-14(9-15)7-3-4-12(8-14)21-13-17-18-19-20(13)11-5-6-11/h10-12,16H,3-8H2,1-2H3. The maximum absolute atomic E-state index is 9.62. The Labute approximate surface area is 129 Å². The molecule has 2 atom stereocenters. The van der Waals surface area contributed by atoms with Crippen molar-refractivity contribution in [3.63, 3.8) is 0 Å². The Balaban J connectivity index is 1.68. The molecule has 6 nitrogen and oxygen atoms in total. The smallest absolute Gasteiger partial charge is 0.209 e. The summed E-state index contributed by atoms with van der Waals surface area (Å²) in [6.45, 7) is 4.20. The molecule has 3 rings (SSSR count). The second-order valence-electron chi connectivity index (χ2n) is 6.47. The average molecular weight is 306 g/mol. The molecule has 2 unspecified atom stereocenters. The van der Waals surface area contributed by atoms with Gasteiger partial charge < -0.3 is 0 Å². The van der Waals surface area contributed by atoms with Crippen molar-refractivity contribution < 1.29 is 0 Å². The van der Waals surface area contributed by atoms with E-state index in [1.54, 1.807) is 11.8 Å². The quantitative estimate of drug-likeness (QED) is 0.899. The van der Waals surface area contributed by atoms with Crippen molar-refractivity contribution in [2.45, 2.75) is 80.4 Å². The highest BCUT2D eigenvalue weighted by Gasteiger charge is 2.38. The minimum Gasteiger partial charge on any atom is -0.297 e. The van der Waals surface area contributed by atoms with Gasteiger partial charge in [-0.15, -0.1) is 5.10 Å². The first-order valence-corrected chi connectivity index (χ1v) is 8.63. The summed E-state index contributed by atoms with van der Waals surface area (Å²) in [7, 11) is 0. The van der Waals surface area contributed by atoms with Crippen LogP contribution in [0.1, 0.15) is 58.4 Å². The molecule has 2 saturated carbocycles. The zero-order valence-corrected chi connectivity index (χ0v) is 13.4. The molecule has 1 N–H and O–H groups in total. The van der Waals surface area contributed by atoms with Gasteiger partial charge in [0.25, 0.3) is 0 Å². The summed E-state index contributed by atoms with van der Waals surface area (Å²) in [5, 5.41) is 26.5. The number of nitrogens with zero attached hydrogens (tertiary/aromatic N) is 5. The van der Waals surface area contributed by atoms with Crippen molar-refractivity contribution >= 4 is 11.8 Å². The number of aromatic nitrogens is 4. The molecule has 21 heavy (non-hydrogen) atoms. The number of rotatable bonds is 5. The maximum atomic E-state index is 9.62. The van der Waals surface area contributed by atoms with Crippen LogP contribution < -0.4 is 5.32 Å². The second-order valence-corrected chi connectivity index (χ2v) is 7.73. The zero-order chi connectivity index (χ0) is 14.9. The molecule has 0 bridgehead atoms. The summed E-state index contributed by atoms with van der Waals surface area (Å²) in [6.07, 6.45) is 6.37. The fourth-order valence-corrected chi connectivity index (χ4v) is 4.43. The first kappa shape index (κ1) is 14.8. The van der Waals surface area contributed by atoms with E-state index in [1.165, 1.54) is 12.8 Å². The van der Waals surface area contributed by atoms with Gasteiger partial charge in [0.2, 0.25) is 5.16 Å². The molecule has 0 radical (unpaired) electrons. The molecule has 1 aromatic rings. The number of nitrogens with one attached hydrogen (secondary N) is 1. The molecule has 0 amide bonds. The van der Waals surface area contributed by atoms with Crippen LogP contribution in [-0.4, -0.2) is 37.0 Å². The molecule has 2 aliphatic carbocycles. The Hall–Kier alpha value is -1.13. The summed E-state index contributed by atoms with van der Waals surface area (Å²) in [4.78, 5) is 0. The summed E-state index contributed by atoms with van der Waals surface area (Å²) in [5.74, 6) is 0. The first-order chi connectivity index (χ1) is 10.1. The van der Waals surface area contributed by atoms with E-state index in [0.717, 1.165) is 30.8 Å². The van der Waals surface area contributed by atoms with Crippen LogP contribution in [0.3, 0.4) is 0 Å². The highest BCUT2D eigenvalue weighted by molar-refractivity contribution is 7.99. The topological polar surface area (TPSA) is 79.4 Å². The van der Waals surface area contributed by atoms with Gasteiger partial charge in [-0.05, 0) is 62.8 Å². The van der Waals surface area contributed by atoms with Crippen LogP contribution in [0.5, 0.6) is 0 Å². The number of tetrazole rings is 1. The summed E-state index contributed by atoms with van der Waals surface area (Å²) in [6, 6.07) is 3.35. The molecular weight excluding hydrogens is 284 g/mol. The van der Waals surface area contributed by atoms with Crippen molar-refractivity contribution in [3.8, 4) is 6.07 Å². The van der Waals surface area contributed by atoms with Gasteiger partial charge in [-0.3, -0.25) is 5.32 Å². The lowest BCUT2D eigenvalue weighted by atomic mass is 9.82. The van der Waals surface area contributed by atoms with Crippen LogP contribution in [0, 0.1) is 11.3 Å². The molecule has 7 heteroatoms. The maximum Gasteiger partial charge on any atom is 0.209 e. The number of hydrogen-bond acceptors (Lipinski definition) is 6. The van der Waals surface area contributed by atoms with E-state index < -0.39 is 0 Å². The fourth-order valence-electron chi connectivity index (χ4n) is 3.10. The molecule has 0 saturated heterocycles. The lowest BCUT2D eigenvalue weighted by molar-refractivity contribution is 0.284. The highest BCUT2D eigenvalue weighted by atomic mass is 32.2. The highest BCUT2D eigenvalue weighted by Crippen LogP contribution is 2.41. The third-order valence-electron chi connectivity index (χ3n) is 4.11. The predicted octanol–water partition coefficient (Wildman–Crippen LogP) is 2.30. The van der Waals surface area contributed by atoms with Gasteiger partial charge in [-0.25, -0.2) is 4.68 Å². The van der Waals surface area contributed by atoms with Gasteiger partial charge in [0, 0.05) is 11.3 Å². The SMILES string of the molecule is CC(C)NC1(C#N)CCCC(Sc2nnnn2C2CC2)C1. The lowest BCUT2D eigenvalue weighted by Crippen LogP contribution is -2.51. The molecule has 114 valence electrons. The lowest BCUT2D eigenvalue weighted by Gasteiger charge is -2.37. The Kier molecular flexibility index (Phi) is 4.18. The summed E-state index contributed by atoms with van der Waals surface area (Å²) >= 11 is 1.75. The van der Waals surface area contributed by atoms with Crippen molar-refractivity contribution in [1.82, 2.24) is 25.5 Å². The number of hydrogen-bond donors (Lipinski definition) is 1. The summed E-state index contributed by atoms with van der Waals surface area (Å²) < 4.78 is 1.96. The van der Waals surface area contributed by atoms with Crippen LogP contribution in [-0.2, 0) is 0 Å². The van der Waals surface area contributed by atoms with Crippen molar-refractivity contribution in [3.05, 3.63) is 0 Å². The third kappa shape index (κ3) is 3.38. The largest absolute Gasteiger partial charge is 0.297 e. The van der Waals surface area contributed by atoms with Gasteiger partial charge in [0.15, 0.2) is 0 Å². The van der Waals surface area contributed by atoms with E-state index in [1.807, 2.05) is 4.68 Å². The van der Waals surface area contributed by atoms with Crippen molar-refractivity contribution in [1.29, 1.82) is 5.26 Å². The molecule has 2 fully saturated rings. The average Bonchev–Trinajstić information content (AvgIpc) is 3.19. The second kappa shape index (κ2) is 5.93. The Morgan fingerprint density at radius 2 is 2.24 bits per heavy atom. The third-order valence-corrected chi connectivity index (χ3v) is 5.33. The minimum atomic E-state index is -0.387. The Morgan fingerprint density at radius 3 is 2.90 bits per heavy atom. The molecule has 0 aliphatic heterocycles. The van der Waals surface area contributed by atoms with Crippen molar-refractivity contribution in [2.75, 3.05) is 0 Å². The minimum absolute atomic E-state index is 0.324. The van der Waals surface area contributed by atoms with Crippen LogP contribution in [0.15, 0.2) is 5.16 Å². The molecule has 0 aromatic carbocycles. The normalized spacial score (nSPS) is 29.5. The van der Waals surface area contributed by atoms with Crippen LogP contribution in [0.2, 0.25) is 0 Å². The van der Waals surface area contributed by atoms with Crippen LogP contribution in [0.4, 0.5) is 0 Å². The van der Waals surface area contributed by atoms with Crippen molar-refractivity contribution in [2.24, 2.45) is 0 Å². The monoisotopic (exact) mass is 306 g/mol. The van der Waals surface area contributed by atoms with E-state index in [0.29, 0.717) is 17.3 Å². The van der Waals surface area contributed by atoms with Gasteiger partial charge in [-0.2, -0.15) is 5.26 Å². The molecular formula is C14H22N6S. The van der Waals surface area contributed by atoms with Gasteiger partial charge in [0.05, 0.1) is 12.1 Å². The van der Waals surface area contributed by atoms with Crippen LogP contribution in [0.25, 0.3) is 0 Å². The van der Waals surface area contributed by atoms with E-state index >= 15 is 0 Å². The van der Waals surface area contributed by atoms with Crippen LogP contribution >= 0.6 is 11.8 Å². The fraction of sp³-hybridized carbons (Fsp3) is 0.857. The van der Waals surface area contributed by atoms with E-state index in [9.17, 15) is 5.26 Å². The predicted molar refractivity (Wildman–Crippen MR) is 80.8 cm³/mol. The first-order valence-electron chi connectivity index (χ1n) is 7.75.